The Morgan fingerprint density at radius 1 is 1.32 bits per heavy atom. The topological polar surface area (TPSA) is 50.9 Å². The van der Waals surface area contributed by atoms with Crippen LogP contribution in [-0.4, -0.2) is 4.98 Å². The molecule has 1 saturated carbocycles. The highest BCUT2D eigenvalue weighted by atomic mass is 35.5. The van der Waals surface area contributed by atoms with Crippen LogP contribution in [0.15, 0.2) is 18.2 Å². The number of pyridine rings is 1. The van der Waals surface area contributed by atoms with Gasteiger partial charge in [-0.1, -0.05) is 30.5 Å². The van der Waals surface area contributed by atoms with Crippen molar-refractivity contribution >= 4 is 28.2 Å². The molecule has 1 aliphatic rings. The highest BCUT2D eigenvalue weighted by Gasteiger charge is 2.20. The molecule has 2 aromatic rings. The molecule has 1 aliphatic carbocycles. The third kappa shape index (κ3) is 2.17. The van der Waals surface area contributed by atoms with Gasteiger partial charge in [0, 0.05) is 17.0 Å². The molecule has 1 aromatic carbocycles. The second-order valence-electron chi connectivity index (χ2n) is 5.31. The molecule has 0 atom stereocenters. The Hall–Kier alpha value is -1.32. The van der Waals surface area contributed by atoms with E-state index in [1.165, 1.54) is 25.7 Å². The van der Waals surface area contributed by atoms with E-state index in [2.05, 4.69) is 18.4 Å². The zero-order valence-corrected chi connectivity index (χ0v) is 11.8. The zero-order chi connectivity index (χ0) is 13.4. The lowest BCUT2D eigenvalue weighted by atomic mass is 10.00. The van der Waals surface area contributed by atoms with E-state index in [1.54, 1.807) is 0 Å². The number of hydrogen-bond donors (Lipinski definition) is 2. The molecule has 0 amide bonds. The van der Waals surface area contributed by atoms with Crippen LogP contribution in [0.5, 0.6) is 0 Å². The monoisotopic (exact) mass is 275 g/mol. The molecule has 1 heterocycles. The summed E-state index contributed by atoms with van der Waals surface area (Å²) in [5, 5.41) is 1.72. The molecule has 0 spiro atoms. The Morgan fingerprint density at radius 3 is 2.74 bits per heavy atom. The van der Waals surface area contributed by atoms with Gasteiger partial charge in [-0.2, -0.15) is 0 Å². The third-order valence-corrected chi connectivity index (χ3v) is 4.37. The summed E-state index contributed by atoms with van der Waals surface area (Å²) in [4.78, 5) is 4.80. The highest BCUT2D eigenvalue weighted by Crippen LogP contribution is 2.38. The van der Waals surface area contributed by atoms with Crippen LogP contribution in [0, 0.1) is 6.92 Å². The summed E-state index contributed by atoms with van der Waals surface area (Å²) < 4.78 is 0. The van der Waals surface area contributed by atoms with Gasteiger partial charge >= 0.3 is 0 Å². The minimum Gasteiger partial charge on any atom is -0.323 e. The Labute approximate surface area is 118 Å². The van der Waals surface area contributed by atoms with E-state index in [4.69, 9.17) is 22.4 Å². The van der Waals surface area contributed by atoms with Gasteiger partial charge in [-0.15, -0.1) is 0 Å². The molecule has 4 heteroatoms. The molecule has 0 aliphatic heterocycles. The Kier molecular flexibility index (Phi) is 3.33. The number of halogens is 1. The summed E-state index contributed by atoms with van der Waals surface area (Å²) in [6, 6.07) is 6.00. The maximum Gasteiger partial charge on any atom is 0.0915 e. The van der Waals surface area contributed by atoms with Crippen molar-refractivity contribution in [2.75, 3.05) is 5.43 Å². The molecule has 0 bridgehead atoms. The van der Waals surface area contributed by atoms with Crippen molar-refractivity contribution in [2.24, 2.45) is 5.84 Å². The standard InChI is InChI=1S/C15H18ClN3/c1-9-6-7-11(16)15-14(9)13(19-17)8-12(18-15)10-4-2-3-5-10/h6-8,10H,2-5,17H2,1H3,(H,18,19). The number of benzene rings is 1. The van der Waals surface area contributed by atoms with Gasteiger partial charge in [0.2, 0.25) is 0 Å². The van der Waals surface area contributed by atoms with Gasteiger partial charge in [-0.3, -0.25) is 10.8 Å². The molecule has 3 nitrogen and oxygen atoms in total. The Balaban J connectivity index is 2.24. The lowest BCUT2D eigenvalue weighted by molar-refractivity contribution is 0.701. The number of aromatic nitrogens is 1. The predicted octanol–water partition coefficient (Wildman–Crippen LogP) is 4.14. The number of hydrazine groups is 1. The first-order valence-corrected chi connectivity index (χ1v) is 7.15. The number of rotatable bonds is 2. The van der Waals surface area contributed by atoms with Crippen molar-refractivity contribution in [1.82, 2.24) is 4.98 Å². The second-order valence-corrected chi connectivity index (χ2v) is 5.72. The molecule has 0 unspecified atom stereocenters. The van der Waals surface area contributed by atoms with E-state index in [9.17, 15) is 0 Å². The van der Waals surface area contributed by atoms with Crippen LogP contribution in [0.2, 0.25) is 5.02 Å². The van der Waals surface area contributed by atoms with E-state index >= 15 is 0 Å². The first kappa shape index (κ1) is 12.7. The zero-order valence-electron chi connectivity index (χ0n) is 11.0. The van der Waals surface area contributed by atoms with Crippen molar-refractivity contribution in [3.63, 3.8) is 0 Å². The molecule has 1 aromatic heterocycles. The van der Waals surface area contributed by atoms with E-state index in [1.807, 2.05) is 12.1 Å². The molecule has 3 N–H and O–H groups in total. The number of fused-ring (bicyclic) bond motifs is 1. The van der Waals surface area contributed by atoms with Crippen LogP contribution in [0.1, 0.15) is 42.9 Å². The molecular weight excluding hydrogens is 258 g/mol. The average Bonchev–Trinajstić information content (AvgIpc) is 2.96. The first-order chi connectivity index (χ1) is 9.20. The summed E-state index contributed by atoms with van der Waals surface area (Å²) in [6.45, 7) is 2.05. The fraction of sp³-hybridized carbons (Fsp3) is 0.400. The van der Waals surface area contributed by atoms with Crippen LogP contribution in [0.4, 0.5) is 5.69 Å². The van der Waals surface area contributed by atoms with E-state index < -0.39 is 0 Å². The van der Waals surface area contributed by atoms with Gasteiger partial charge in [-0.05, 0) is 37.5 Å². The fourth-order valence-corrected chi connectivity index (χ4v) is 3.24. The highest BCUT2D eigenvalue weighted by molar-refractivity contribution is 6.35. The van der Waals surface area contributed by atoms with Crippen LogP contribution in [0.25, 0.3) is 10.9 Å². The van der Waals surface area contributed by atoms with Crippen molar-refractivity contribution in [2.45, 2.75) is 38.5 Å². The van der Waals surface area contributed by atoms with E-state index in [0.717, 1.165) is 27.8 Å². The van der Waals surface area contributed by atoms with Gasteiger partial charge in [0.15, 0.2) is 0 Å². The molecule has 0 radical (unpaired) electrons. The van der Waals surface area contributed by atoms with Crippen molar-refractivity contribution < 1.29 is 0 Å². The van der Waals surface area contributed by atoms with E-state index in [0.29, 0.717) is 10.9 Å². The molecule has 100 valence electrons. The molecule has 0 saturated heterocycles. The number of nitrogen functional groups attached to an aromatic ring is 1. The van der Waals surface area contributed by atoms with Crippen LogP contribution in [0.3, 0.4) is 0 Å². The van der Waals surface area contributed by atoms with Crippen molar-refractivity contribution in [3.8, 4) is 0 Å². The predicted molar refractivity (Wildman–Crippen MR) is 80.5 cm³/mol. The van der Waals surface area contributed by atoms with Crippen molar-refractivity contribution in [3.05, 3.63) is 34.5 Å². The quantitative estimate of drug-likeness (QED) is 0.640. The van der Waals surface area contributed by atoms with Crippen LogP contribution < -0.4 is 11.3 Å². The number of nitrogens with one attached hydrogen (secondary N) is 1. The van der Waals surface area contributed by atoms with E-state index in [-0.39, 0.29) is 0 Å². The normalized spacial score (nSPS) is 16.2. The number of nitrogens with zero attached hydrogens (tertiary/aromatic N) is 1. The largest absolute Gasteiger partial charge is 0.323 e. The average molecular weight is 276 g/mol. The maximum atomic E-state index is 6.31. The Bertz CT molecular complexity index is 618. The third-order valence-electron chi connectivity index (χ3n) is 4.07. The summed E-state index contributed by atoms with van der Waals surface area (Å²) in [6.07, 6.45) is 5.01. The second kappa shape index (κ2) is 4.99. The lowest BCUT2D eigenvalue weighted by Crippen LogP contribution is -2.10. The van der Waals surface area contributed by atoms with Gasteiger partial charge in [0.1, 0.15) is 0 Å². The Morgan fingerprint density at radius 2 is 2.05 bits per heavy atom. The summed E-state index contributed by atoms with van der Waals surface area (Å²) in [5.41, 5.74) is 6.84. The minimum absolute atomic E-state index is 0.549. The summed E-state index contributed by atoms with van der Waals surface area (Å²) in [7, 11) is 0. The molecule has 19 heavy (non-hydrogen) atoms. The minimum atomic E-state index is 0.549. The molecule has 1 fully saturated rings. The summed E-state index contributed by atoms with van der Waals surface area (Å²) >= 11 is 6.31. The number of hydrogen-bond acceptors (Lipinski definition) is 3. The molecular formula is C15H18ClN3. The fourth-order valence-electron chi connectivity index (χ4n) is 3.04. The smallest absolute Gasteiger partial charge is 0.0915 e. The van der Waals surface area contributed by atoms with Crippen molar-refractivity contribution in [1.29, 1.82) is 0 Å². The SMILES string of the molecule is Cc1ccc(Cl)c2nc(C3CCCC3)cc(NN)c12. The number of nitrogens with two attached hydrogens (primary N) is 1. The first-order valence-electron chi connectivity index (χ1n) is 6.77. The van der Waals surface area contributed by atoms with Crippen LogP contribution >= 0.6 is 11.6 Å². The maximum absolute atomic E-state index is 6.31. The lowest BCUT2D eigenvalue weighted by Gasteiger charge is -2.15. The van der Waals surface area contributed by atoms with Gasteiger partial charge in [0.25, 0.3) is 0 Å². The number of aryl methyl sites for hydroxylation is 1. The summed E-state index contributed by atoms with van der Waals surface area (Å²) in [5.74, 6) is 6.23. The van der Waals surface area contributed by atoms with Gasteiger partial charge in [-0.25, -0.2) is 0 Å². The molecule has 3 rings (SSSR count). The van der Waals surface area contributed by atoms with Gasteiger partial charge < -0.3 is 5.43 Å². The van der Waals surface area contributed by atoms with Gasteiger partial charge in [0.05, 0.1) is 16.2 Å². The van der Waals surface area contributed by atoms with Crippen LogP contribution in [-0.2, 0) is 0 Å². The number of anilines is 1.